The van der Waals surface area contributed by atoms with Crippen LogP contribution in [-0.4, -0.2) is 22.3 Å². The lowest BCUT2D eigenvalue weighted by Gasteiger charge is -2.12. The minimum absolute atomic E-state index is 0.126. The largest absolute Gasteiger partial charge is 0.508 e. The van der Waals surface area contributed by atoms with E-state index in [1.807, 2.05) is 0 Å². The molecule has 1 aromatic carbocycles. The molecule has 0 fully saturated rings. The van der Waals surface area contributed by atoms with E-state index in [1.54, 1.807) is 6.92 Å². The van der Waals surface area contributed by atoms with Gasteiger partial charge in [-0.3, -0.25) is 0 Å². The van der Waals surface area contributed by atoms with Gasteiger partial charge in [-0.1, -0.05) is 6.92 Å². The molecule has 0 saturated carbocycles. The first-order valence-corrected chi connectivity index (χ1v) is 4.32. The first-order chi connectivity index (χ1) is 6.63. The molecule has 0 bridgehead atoms. The number of carbonyl (C=O) groups is 1. The number of phenols is 1. The fourth-order valence-electron chi connectivity index (χ4n) is 0.997. The number of ether oxygens (including phenoxy) is 1. The lowest BCUT2D eigenvalue weighted by molar-refractivity contribution is -0.145. The molecule has 0 saturated heterocycles. The molecule has 76 valence electrons. The average Bonchev–Trinajstić information content (AvgIpc) is 2.16. The van der Waals surface area contributed by atoms with Crippen LogP contribution < -0.4 is 4.74 Å². The van der Waals surface area contributed by atoms with Crippen LogP contribution in [0.15, 0.2) is 24.3 Å². The minimum Gasteiger partial charge on any atom is -0.508 e. The van der Waals surface area contributed by atoms with Crippen molar-refractivity contribution in [2.24, 2.45) is 0 Å². The molecule has 1 unspecified atom stereocenters. The van der Waals surface area contributed by atoms with Crippen molar-refractivity contribution < 1.29 is 19.7 Å². The van der Waals surface area contributed by atoms with E-state index in [9.17, 15) is 4.79 Å². The van der Waals surface area contributed by atoms with Crippen molar-refractivity contribution in [2.45, 2.75) is 19.4 Å². The van der Waals surface area contributed by atoms with Gasteiger partial charge in [-0.25, -0.2) is 4.79 Å². The molecular weight excluding hydrogens is 184 g/mol. The van der Waals surface area contributed by atoms with Gasteiger partial charge in [0.05, 0.1) is 0 Å². The smallest absolute Gasteiger partial charge is 0.344 e. The van der Waals surface area contributed by atoms with E-state index in [0.29, 0.717) is 12.2 Å². The number of benzene rings is 1. The molecule has 0 amide bonds. The van der Waals surface area contributed by atoms with Crippen LogP contribution in [0.4, 0.5) is 0 Å². The number of hydrogen-bond donors (Lipinski definition) is 2. The number of rotatable bonds is 4. The summed E-state index contributed by atoms with van der Waals surface area (Å²) in [4.78, 5) is 10.6. The van der Waals surface area contributed by atoms with Crippen LogP contribution >= 0.6 is 0 Å². The van der Waals surface area contributed by atoms with Crippen LogP contribution in [0.3, 0.4) is 0 Å². The summed E-state index contributed by atoms with van der Waals surface area (Å²) < 4.78 is 5.17. The van der Waals surface area contributed by atoms with E-state index in [2.05, 4.69) is 0 Å². The molecule has 2 N–H and O–H groups in total. The van der Waals surface area contributed by atoms with E-state index in [-0.39, 0.29) is 5.75 Å². The Bertz CT molecular complexity index is 304. The zero-order chi connectivity index (χ0) is 10.6. The van der Waals surface area contributed by atoms with Gasteiger partial charge in [-0.2, -0.15) is 0 Å². The summed E-state index contributed by atoms with van der Waals surface area (Å²) in [6.07, 6.45) is -0.435. The van der Waals surface area contributed by atoms with Crippen LogP contribution in [0.5, 0.6) is 11.5 Å². The zero-order valence-corrected chi connectivity index (χ0v) is 7.80. The molecule has 14 heavy (non-hydrogen) atoms. The van der Waals surface area contributed by atoms with Crippen LogP contribution in [0.1, 0.15) is 13.3 Å². The summed E-state index contributed by atoms with van der Waals surface area (Å²) in [6, 6.07) is 5.95. The van der Waals surface area contributed by atoms with Crippen LogP contribution in [0, 0.1) is 0 Å². The number of aliphatic carboxylic acids is 1. The monoisotopic (exact) mass is 196 g/mol. The SMILES string of the molecule is CCC(Oc1ccc(O)cc1)C(=O)O. The van der Waals surface area contributed by atoms with Crippen molar-refractivity contribution in [3.8, 4) is 11.5 Å². The maximum atomic E-state index is 10.6. The third-order valence-electron chi connectivity index (χ3n) is 1.76. The van der Waals surface area contributed by atoms with E-state index in [4.69, 9.17) is 14.9 Å². The Morgan fingerprint density at radius 3 is 2.43 bits per heavy atom. The fraction of sp³-hybridized carbons (Fsp3) is 0.300. The van der Waals surface area contributed by atoms with Crippen molar-refractivity contribution in [1.29, 1.82) is 0 Å². The Morgan fingerprint density at radius 1 is 1.43 bits per heavy atom. The van der Waals surface area contributed by atoms with Crippen molar-refractivity contribution in [3.63, 3.8) is 0 Å². The third-order valence-corrected chi connectivity index (χ3v) is 1.76. The molecule has 0 spiro atoms. The van der Waals surface area contributed by atoms with Gasteiger partial charge in [0, 0.05) is 0 Å². The number of carboxylic acid groups (broad SMARTS) is 1. The van der Waals surface area contributed by atoms with Gasteiger partial charge in [-0.05, 0) is 30.7 Å². The molecule has 0 aliphatic carbocycles. The maximum absolute atomic E-state index is 10.6. The topological polar surface area (TPSA) is 66.8 Å². The molecule has 0 radical (unpaired) electrons. The summed E-state index contributed by atoms with van der Waals surface area (Å²) >= 11 is 0. The van der Waals surface area contributed by atoms with Gasteiger partial charge in [0.2, 0.25) is 0 Å². The molecular formula is C10H12O4. The summed E-state index contributed by atoms with van der Waals surface area (Å²) in [7, 11) is 0. The zero-order valence-electron chi connectivity index (χ0n) is 7.80. The molecule has 0 aliphatic rings. The highest BCUT2D eigenvalue weighted by Crippen LogP contribution is 2.17. The van der Waals surface area contributed by atoms with Crippen molar-refractivity contribution in [1.82, 2.24) is 0 Å². The minimum atomic E-state index is -0.986. The standard InChI is InChI=1S/C10H12O4/c1-2-9(10(12)13)14-8-5-3-7(11)4-6-8/h3-6,9,11H,2H2,1H3,(H,12,13). The molecule has 4 nitrogen and oxygen atoms in total. The van der Waals surface area contributed by atoms with Gasteiger partial charge in [-0.15, -0.1) is 0 Å². The van der Waals surface area contributed by atoms with Gasteiger partial charge in [0.15, 0.2) is 6.10 Å². The number of phenolic OH excluding ortho intramolecular Hbond substituents is 1. The Morgan fingerprint density at radius 2 is 2.00 bits per heavy atom. The highest BCUT2D eigenvalue weighted by Gasteiger charge is 2.16. The molecule has 1 aromatic rings. The molecule has 0 aliphatic heterocycles. The summed E-state index contributed by atoms with van der Waals surface area (Å²) in [5.41, 5.74) is 0. The second-order valence-corrected chi connectivity index (χ2v) is 2.85. The van der Waals surface area contributed by atoms with Gasteiger partial charge in [0.25, 0.3) is 0 Å². The molecule has 0 aromatic heterocycles. The van der Waals surface area contributed by atoms with E-state index in [1.165, 1.54) is 24.3 Å². The summed E-state index contributed by atoms with van der Waals surface area (Å²) in [5, 5.41) is 17.7. The second-order valence-electron chi connectivity index (χ2n) is 2.85. The van der Waals surface area contributed by atoms with Gasteiger partial charge >= 0.3 is 5.97 Å². The molecule has 0 heterocycles. The predicted octanol–water partition coefficient (Wildman–Crippen LogP) is 1.63. The Balaban J connectivity index is 2.67. The van der Waals surface area contributed by atoms with Crippen molar-refractivity contribution >= 4 is 5.97 Å². The van der Waals surface area contributed by atoms with E-state index < -0.39 is 12.1 Å². The Hall–Kier alpha value is -1.71. The average molecular weight is 196 g/mol. The molecule has 4 heteroatoms. The van der Waals surface area contributed by atoms with Gasteiger partial charge < -0.3 is 14.9 Å². The molecule has 1 rings (SSSR count). The Labute approximate surface area is 81.8 Å². The van der Waals surface area contributed by atoms with Gasteiger partial charge in [0.1, 0.15) is 11.5 Å². The number of aromatic hydroxyl groups is 1. The van der Waals surface area contributed by atoms with E-state index >= 15 is 0 Å². The highest BCUT2D eigenvalue weighted by atomic mass is 16.5. The predicted molar refractivity (Wildman–Crippen MR) is 50.4 cm³/mol. The fourth-order valence-corrected chi connectivity index (χ4v) is 0.997. The van der Waals surface area contributed by atoms with Crippen LogP contribution in [0.2, 0.25) is 0 Å². The van der Waals surface area contributed by atoms with Crippen molar-refractivity contribution in [3.05, 3.63) is 24.3 Å². The lowest BCUT2D eigenvalue weighted by atomic mass is 10.2. The van der Waals surface area contributed by atoms with E-state index in [0.717, 1.165) is 0 Å². The highest BCUT2D eigenvalue weighted by molar-refractivity contribution is 5.72. The number of hydrogen-bond acceptors (Lipinski definition) is 3. The number of carboxylic acids is 1. The first kappa shape index (κ1) is 10.4. The van der Waals surface area contributed by atoms with Crippen LogP contribution in [-0.2, 0) is 4.79 Å². The summed E-state index contributed by atoms with van der Waals surface area (Å²) in [6.45, 7) is 1.74. The quantitative estimate of drug-likeness (QED) is 0.768. The summed E-state index contributed by atoms with van der Waals surface area (Å²) in [5.74, 6) is -0.418. The normalized spacial score (nSPS) is 12.1. The van der Waals surface area contributed by atoms with Crippen LogP contribution in [0.25, 0.3) is 0 Å². The maximum Gasteiger partial charge on any atom is 0.344 e. The first-order valence-electron chi connectivity index (χ1n) is 4.32. The lowest BCUT2D eigenvalue weighted by Crippen LogP contribution is -2.25. The Kier molecular flexibility index (Phi) is 3.34. The van der Waals surface area contributed by atoms with Crippen molar-refractivity contribution in [2.75, 3.05) is 0 Å². The second kappa shape index (κ2) is 4.50. The third kappa shape index (κ3) is 2.65. The molecule has 1 atom stereocenters.